The Labute approximate surface area is 90.1 Å². The molecule has 1 aromatic carbocycles. The molecule has 1 aliphatic carbocycles. The molecule has 4 heteroatoms. The molecule has 1 saturated carbocycles. The molecular weight excluding hydrogens is 249 g/mol. The van der Waals surface area contributed by atoms with Crippen molar-refractivity contribution in [1.82, 2.24) is 0 Å². The molecule has 76 valence electrons. The van der Waals surface area contributed by atoms with Gasteiger partial charge in [0.05, 0.1) is 4.47 Å². The van der Waals surface area contributed by atoms with Crippen molar-refractivity contribution in [3.8, 4) is 5.75 Å². The molecule has 0 radical (unpaired) electrons. The first kappa shape index (κ1) is 9.93. The highest BCUT2D eigenvalue weighted by atomic mass is 79.9. The molecule has 14 heavy (non-hydrogen) atoms. The SMILES string of the molecule is NC1(Cc2c(O)ccc(Br)c2F)CC1. The zero-order valence-electron chi connectivity index (χ0n) is 7.56. The Balaban J connectivity index is 2.35. The summed E-state index contributed by atoms with van der Waals surface area (Å²) in [5.41, 5.74) is 5.90. The number of rotatable bonds is 2. The Hall–Kier alpha value is -0.610. The number of nitrogens with two attached hydrogens (primary N) is 1. The van der Waals surface area contributed by atoms with Gasteiger partial charge in [-0.05, 0) is 47.3 Å². The van der Waals surface area contributed by atoms with Crippen LogP contribution in [0.4, 0.5) is 4.39 Å². The van der Waals surface area contributed by atoms with Gasteiger partial charge in [-0.1, -0.05) is 0 Å². The first-order chi connectivity index (χ1) is 6.52. The van der Waals surface area contributed by atoms with Crippen molar-refractivity contribution in [2.45, 2.75) is 24.8 Å². The maximum absolute atomic E-state index is 13.6. The van der Waals surface area contributed by atoms with E-state index in [1.165, 1.54) is 12.1 Å². The average molecular weight is 260 g/mol. The second-order valence-electron chi connectivity index (χ2n) is 3.90. The van der Waals surface area contributed by atoms with E-state index >= 15 is 0 Å². The number of halogens is 2. The lowest BCUT2D eigenvalue weighted by Crippen LogP contribution is -2.25. The van der Waals surface area contributed by atoms with Crippen LogP contribution in [0, 0.1) is 5.82 Å². The number of hydrogen-bond donors (Lipinski definition) is 2. The Morgan fingerprint density at radius 2 is 2.14 bits per heavy atom. The fourth-order valence-electron chi connectivity index (χ4n) is 1.44. The van der Waals surface area contributed by atoms with Crippen LogP contribution in [0.3, 0.4) is 0 Å². The van der Waals surface area contributed by atoms with Crippen LogP contribution in [0.25, 0.3) is 0 Å². The molecular formula is C10H11BrFNO. The molecule has 0 unspecified atom stereocenters. The first-order valence-corrected chi connectivity index (χ1v) is 5.26. The van der Waals surface area contributed by atoms with E-state index in [1.54, 1.807) is 0 Å². The highest BCUT2D eigenvalue weighted by Gasteiger charge is 2.39. The minimum atomic E-state index is -0.401. The van der Waals surface area contributed by atoms with Gasteiger partial charge >= 0.3 is 0 Å². The topological polar surface area (TPSA) is 46.2 Å². The van der Waals surface area contributed by atoms with Crippen LogP contribution in [-0.4, -0.2) is 10.6 Å². The molecule has 1 fully saturated rings. The van der Waals surface area contributed by atoms with Crippen molar-refractivity contribution in [2.24, 2.45) is 5.73 Å². The number of phenolic OH excluding ortho intramolecular Hbond substituents is 1. The molecule has 0 aromatic heterocycles. The van der Waals surface area contributed by atoms with E-state index in [0.717, 1.165) is 12.8 Å². The Bertz CT molecular complexity index is 377. The van der Waals surface area contributed by atoms with Gasteiger partial charge in [0, 0.05) is 11.1 Å². The lowest BCUT2D eigenvalue weighted by Gasteiger charge is -2.11. The summed E-state index contributed by atoms with van der Waals surface area (Å²) in [5.74, 6) is -0.413. The van der Waals surface area contributed by atoms with Gasteiger partial charge in [-0.2, -0.15) is 0 Å². The van der Waals surface area contributed by atoms with Gasteiger partial charge in [-0.3, -0.25) is 0 Å². The maximum atomic E-state index is 13.6. The van der Waals surface area contributed by atoms with Gasteiger partial charge < -0.3 is 10.8 Å². The molecule has 0 aliphatic heterocycles. The zero-order valence-corrected chi connectivity index (χ0v) is 9.14. The zero-order chi connectivity index (χ0) is 10.3. The highest BCUT2D eigenvalue weighted by Crippen LogP contribution is 2.39. The minimum Gasteiger partial charge on any atom is -0.508 e. The predicted molar refractivity (Wildman–Crippen MR) is 55.6 cm³/mol. The summed E-state index contributed by atoms with van der Waals surface area (Å²) in [7, 11) is 0. The predicted octanol–water partition coefficient (Wildman–Crippen LogP) is 2.33. The molecule has 0 amide bonds. The monoisotopic (exact) mass is 259 g/mol. The van der Waals surface area contributed by atoms with Crippen molar-refractivity contribution in [2.75, 3.05) is 0 Å². The van der Waals surface area contributed by atoms with Gasteiger partial charge in [-0.15, -0.1) is 0 Å². The Morgan fingerprint density at radius 1 is 1.50 bits per heavy atom. The Kier molecular flexibility index (Phi) is 2.27. The smallest absolute Gasteiger partial charge is 0.144 e. The lowest BCUT2D eigenvalue weighted by molar-refractivity contribution is 0.451. The summed E-state index contributed by atoms with van der Waals surface area (Å²) in [4.78, 5) is 0. The molecule has 2 rings (SSSR count). The normalized spacial score (nSPS) is 18.2. The van der Waals surface area contributed by atoms with Crippen LogP contribution in [-0.2, 0) is 6.42 Å². The number of benzene rings is 1. The average Bonchev–Trinajstić information content (AvgIpc) is 2.86. The molecule has 2 nitrogen and oxygen atoms in total. The fourth-order valence-corrected chi connectivity index (χ4v) is 1.81. The van der Waals surface area contributed by atoms with Crippen molar-refractivity contribution in [3.05, 3.63) is 28.0 Å². The van der Waals surface area contributed by atoms with Crippen LogP contribution < -0.4 is 5.73 Å². The molecule has 3 N–H and O–H groups in total. The standard InChI is InChI=1S/C10H11BrFNO/c11-7-1-2-8(14)6(9(7)12)5-10(13)3-4-10/h1-2,14H,3-5,13H2. The summed E-state index contributed by atoms with van der Waals surface area (Å²) < 4.78 is 13.9. The number of phenols is 1. The fraction of sp³-hybridized carbons (Fsp3) is 0.400. The van der Waals surface area contributed by atoms with Crippen LogP contribution in [0.1, 0.15) is 18.4 Å². The second-order valence-corrected chi connectivity index (χ2v) is 4.75. The number of aromatic hydroxyl groups is 1. The van der Waals surface area contributed by atoms with E-state index in [4.69, 9.17) is 5.73 Å². The molecule has 1 aromatic rings. The van der Waals surface area contributed by atoms with Crippen molar-refractivity contribution in [1.29, 1.82) is 0 Å². The van der Waals surface area contributed by atoms with Crippen LogP contribution in [0.5, 0.6) is 5.75 Å². The third kappa shape index (κ3) is 1.77. The molecule has 0 heterocycles. The van der Waals surface area contributed by atoms with Gasteiger partial charge in [0.2, 0.25) is 0 Å². The third-order valence-corrected chi connectivity index (χ3v) is 3.20. The van der Waals surface area contributed by atoms with Gasteiger partial charge in [0.1, 0.15) is 11.6 Å². The maximum Gasteiger partial charge on any atom is 0.144 e. The highest BCUT2D eigenvalue weighted by molar-refractivity contribution is 9.10. The molecule has 0 atom stereocenters. The summed E-state index contributed by atoms with van der Waals surface area (Å²) in [6.45, 7) is 0. The van der Waals surface area contributed by atoms with Crippen molar-refractivity contribution < 1.29 is 9.50 Å². The van der Waals surface area contributed by atoms with E-state index in [1.807, 2.05) is 0 Å². The van der Waals surface area contributed by atoms with Gasteiger partial charge in [-0.25, -0.2) is 4.39 Å². The lowest BCUT2D eigenvalue weighted by atomic mass is 10.0. The van der Waals surface area contributed by atoms with E-state index in [2.05, 4.69) is 15.9 Å². The second kappa shape index (κ2) is 3.21. The summed E-state index contributed by atoms with van der Waals surface area (Å²) in [5, 5.41) is 9.49. The Morgan fingerprint density at radius 3 is 2.71 bits per heavy atom. The van der Waals surface area contributed by atoms with E-state index < -0.39 is 5.82 Å². The summed E-state index contributed by atoms with van der Waals surface area (Å²) in [6.07, 6.45) is 2.21. The quantitative estimate of drug-likeness (QED) is 0.857. The van der Waals surface area contributed by atoms with Crippen LogP contribution in [0.15, 0.2) is 16.6 Å². The third-order valence-electron chi connectivity index (χ3n) is 2.59. The summed E-state index contributed by atoms with van der Waals surface area (Å²) in [6, 6.07) is 2.97. The minimum absolute atomic E-state index is 0.0116. The van der Waals surface area contributed by atoms with Crippen molar-refractivity contribution in [3.63, 3.8) is 0 Å². The summed E-state index contributed by atoms with van der Waals surface area (Å²) >= 11 is 3.08. The van der Waals surface area contributed by atoms with E-state index in [9.17, 15) is 9.50 Å². The van der Waals surface area contributed by atoms with Crippen LogP contribution >= 0.6 is 15.9 Å². The van der Waals surface area contributed by atoms with Gasteiger partial charge in [0.15, 0.2) is 0 Å². The molecule has 0 spiro atoms. The number of hydrogen-bond acceptors (Lipinski definition) is 2. The van der Waals surface area contributed by atoms with Gasteiger partial charge in [0.25, 0.3) is 0 Å². The van der Waals surface area contributed by atoms with Crippen LogP contribution in [0.2, 0.25) is 0 Å². The van der Waals surface area contributed by atoms with E-state index in [0.29, 0.717) is 16.5 Å². The largest absolute Gasteiger partial charge is 0.508 e. The first-order valence-electron chi connectivity index (χ1n) is 4.47. The van der Waals surface area contributed by atoms with E-state index in [-0.39, 0.29) is 11.3 Å². The molecule has 0 bridgehead atoms. The molecule has 1 aliphatic rings. The molecule has 0 saturated heterocycles. The van der Waals surface area contributed by atoms with Crippen molar-refractivity contribution >= 4 is 15.9 Å².